The molecule has 1 aromatic carbocycles. The van der Waals surface area contributed by atoms with Crippen LogP contribution in [0.1, 0.15) is 48.9 Å². The molecule has 3 atom stereocenters. The minimum absolute atomic E-state index is 0.335. The highest BCUT2D eigenvalue weighted by Crippen LogP contribution is 2.33. The molecule has 1 heterocycles. The fourth-order valence-corrected chi connectivity index (χ4v) is 3.61. The molecule has 2 fully saturated rings. The molecule has 1 N–H and O–H groups in total. The molecule has 1 aromatic rings. The maximum atomic E-state index is 13.7. The van der Waals surface area contributed by atoms with Crippen molar-refractivity contribution in [3.63, 3.8) is 0 Å². The molecule has 108 valence electrons. The Labute approximate surface area is 117 Å². The van der Waals surface area contributed by atoms with Crippen molar-refractivity contribution in [3.8, 4) is 0 Å². The molecule has 0 spiro atoms. The van der Waals surface area contributed by atoms with E-state index in [-0.39, 0.29) is 5.56 Å². The van der Waals surface area contributed by atoms with Gasteiger partial charge in [0.15, 0.2) is 5.78 Å². The topological polar surface area (TPSA) is 29.1 Å². The molecular formula is C16H19F2NO. The number of rotatable bonds is 2. The van der Waals surface area contributed by atoms with Crippen molar-refractivity contribution < 1.29 is 13.6 Å². The quantitative estimate of drug-likeness (QED) is 0.840. The number of carbonyl (C=O) groups is 1. The molecule has 2 aliphatic rings. The van der Waals surface area contributed by atoms with Gasteiger partial charge >= 0.3 is 0 Å². The summed E-state index contributed by atoms with van der Waals surface area (Å²) in [6.45, 7) is 0. The van der Waals surface area contributed by atoms with Gasteiger partial charge in [0.2, 0.25) is 0 Å². The number of halogens is 2. The predicted octanol–water partition coefficient (Wildman–Crippen LogP) is 3.46. The largest absolute Gasteiger partial charge is 0.304 e. The van der Waals surface area contributed by atoms with E-state index in [4.69, 9.17) is 0 Å². The van der Waals surface area contributed by atoms with Crippen LogP contribution in [-0.2, 0) is 0 Å². The van der Waals surface area contributed by atoms with Gasteiger partial charge in [-0.25, -0.2) is 8.78 Å². The number of fused-ring (bicyclic) bond motifs is 1. The third-order valence-electron chi connectivity index (χ3n) is 4.68. The van der Waals surface area contributed by atoms with E-state index >= 15 is 0 Å². The van der Waals surface area contributed by atoms with Crippen molar-refractivity contribution in [1.82, 2.24) is 5.32 Å². The number of piperidine rings is 1. The second-order valence-electron chi connectivity index (χ2n) is 5.91. The van der Waals surface area contributed by atoms with Crippen LogP contribution in [0.2, 0.25) is 0 Å². The Balaban J connectivity index is 1.78. The smallest absolute Gasteiger partial charge is 0.185 e. The molecule has 0 amide bonds. The van der Waals surface area contributed by atoms with Crippen LogP contribution in [0.4, 0.5) is 8.78 Å². The first kappa shape index (κ1) is 13.7. The number of hydrogen-bond donors (Lipinski definition) is 1. The summed E-state index contributed by atoms with van der Waals surface area (Å²) in [5, 5.41) is 3.33. The number of ketones is 1. The standard InChI is InChI=1S/C16H19F2NO/c17-11-5-3-6-12(18)15(11)16(20)14-9-8-10-4-1-2-7-13(10)19-14/h3,5-6,10,13-14,19H,1-2,4,7-9H2. The van der Waals surface area contributed by atoms with Gasteiger partial charge in [-0.05, 0) is 43.7 Å². The molecule has 2 nitrogen and oxygen atoms in total. The van der Waals surface area contributed by atoms with Crippen molar-refractivity contribution in [3.05, 3.63) is 35.4 Å². The fraction of sp³-hybridized carbons (Fsp3) is 0.562. The molecular weight excluding hydrogens is 260 g/mol. The molecule has 1 saturated heterocycles. The van der Waals surface area contributed by atoms with Gasteiger partial charge in [-0.2, -0.15) is 0 Å². The van der Waals surface area contributed by atoms with Crippen molar-refractivity contribution in [2.24, 2.45) is 5.92 Å². The van der Waals surface area contributed by atoms with Crippen molar-refractivity contribution in [2.45, 2.75) is 50.6 Å². The van der Waals surface area contributed by atoms with Crippen LogP contribution in [0.3, 0.4) is 0 Å². The van der Waals surface area contributed by atoms with E-state index in [0.29, 0.717) is 18.4 Å². The Morgan fingerprint density at radius 3 is 2.50 bits per heavy atom. The van der Waals surface area contributed by atoms with E-state index in [1.54, 1.807) is 0 Å². The van der Waals surface area contributed by atoms with Gasteiger partial charge < -0.3 is 5.32 Å². The normalized spacial score (nSPS) is 29.8. The first-order valence-electron chi connectivity index (χ1n) is 7.41. The van der Waals surface area contributed by atoms with E-state index in [9.17, 15) is 13.6 Å². The van der Waals surface area contributed by atoms with Crippen LogP contribution in [0, 0.1) is 17.6 Å². The van der Waals surface area contributed by atoms with Crippen LogP contribution in [0.15, 0.2) is 18.2 Å². The summed E-state index contributed by atoms with van der Waals surface area (Å²) < 4.78 is 27.4. The van der Waals surface area contributed by atoms with Crippen LogP contribution >= 0.6 is 0 Å². The average Bonchev–Trinajstić information content (AvgIpc) is 2.46. The second kappa shape index (κ2) is 5.60. The zero-order valence-corrected chi connectivity index (χ0v) is 11.4. The highest BCUT2D eigenvalue weighted by molar-refractivity contribution is 6.00. The number of Topliss-reactive ketones (excluding diaryl/α,β-unsaturated/α-hetero) is 1. The lowest BCUT2D eigenvalue weighted by Gasteiger charge is -2.40. The van der Waals surface area contributed by atoms with Crippen molar-refractivity contribution >= 4 is 5.78 Å². The summed E-state index contributed by atoms with van der Waals surface area (Å²) in [7, 11) is 0. The van der Waals surface area contributed by atoms with Crippen LogP contribution in [0.25, 0.3) is 0 Å². The molecule has 1 aliphatic carbocycles. The lowest BCUT2D eigenvalue weighted by molar-refractivity contribution is 0.0853. The zero-order valence-electron chi connectivity index (χ0n) is 11.4. The third-order valence-corrected chi connectivity index (χ3v) is 4.68. The Morgan fingerprint density at radius 1 is 1.05 bits per heavy atom. The van der Waals surface area contributed by atoms with E-state index < -0.39 is 23.5 Å². The molecule has 20 heavy (non-hydrogen) atoms. The zero-order chi connectivity index (χ0) is 14.1. The average molecular weight is 279 g/mol. The van der Waals surface area contributed by atoms with Crippen LogP contribution in [0.5, 0.6) is 0 Å². The summed E-state index contributed by atoms with van der Waals surface area (Å²) in [5.41, 5.74) is -0.390. The Bertz CT molecular complexity index is 497. The highest BCUT2D eigenvalue weighted by Gasteiger charge is 2.36. The molecule has 1 saturated carbocycles. The SMILES string of the molecule is O=C(c1c(F)cccc1F)C1CCC2CCCCC2N1. The van der Waals surface area contributed by atoms with E-state index in [0.717, 1.165) is 25.0 Å². The molecule has 1 aliphatic heterocycles. The Kier molecular flexibility index (Phi) is 3.83. The first-order chi connectivity index (χ1) is 9.66. The second-order valence-corrected chi connectivity index (χ2v) is 5.91. The molecule has 0 aromatic heterocycles. The summed E-state index contributed by atoms with van der Waals surface area (Å²) in [6.07, 6.45) is 6.34. The van der Waals surface area contributed by atoms with Crippen molar-refractivity contribution in [2.75, 3.05) is 0 Å². The fourth-order valence-electron chi connectivity index (χ4n) is 3.61. The van der Waals surface area contributed by atoms with Crippen LogP contribution < -0.4 is 5.32 Å². The lowest BCUT2D eigenvalue weighted by Crippen LogP contribution is -2.52. The van der Waals surface area contributed by atoms with Gasteiger partial charge in [-0.1, -0.05) is 18.9 Å². The number of nitrogens with one attached hydrogen (secondary N) is 1. The van der Waals surface area contributed by atoms with Gasteiger partial charge in [0, 0.05) is 6.04 Å². The number of hydrogen-bond acceptors (Lipinski definition) is 2. The highest BCUT2D eigenvalue weighted by atomic mass is 19.1. The van der Waals surface area contributed by atoms with Crippen LogP contribution in [-0.4, -0.2) is 17.9 Å². The van der Waals surface area contributed by atoms with Crippen molar-refractivity contribution in [1.29, 1.82) is 0 Å². The molecule has 0 bridgehead atoms. The van der Waals surface area contributed by atoms with E-state index in [1.807, 2.05) is 0 Å². The third kappa shape index (κ3) is 2.49. The maximum Gasteiger partial charge on any atom is 0.185 e. The minimum Gasteiger partial charge on any atom is -0.304 e. The molecule has 4 heteroatoms. The summed E-state index contributed by atoms with van der Waals surface area (Å²) in [4.78, 5) is 12.4. The first-order valence-corrected chi connectivity index (χ1v) is 7.41. The van der Waals surface area contributed by atoms with Gasteiger partial charge in [0.25, 0.3) is 0 Å². The van der Waals surface area contributed by atoms with Gasteiger partial charge in [0.1, 0.15) is 11.6 Å². The minimum atomic E-state index is -0.762. The predicted molar refractivity (Wildman–Crippen MR) is 72.6 cm³/mol. The lowest BCUT2D eigenvalue weighted by atomic mass is 9.77. The van der Waals surface area contributed by atoms with E-state index in [2.05, 4.69) is 5.32 Å². The van der Waals surface area contributed by atoms with Gasteiger partial charge in [-0.3, -0.25) is 4.79 Å². The molecule has 3 unspecified atom stereocenters. The maximum absolute atomic E-state index is 13.7. The molecule has 3 rings (SSSR count). The Hall–Kier alpha value is -1.29. The Morgan fingerprint density at radius 2 is 1.75 bits per heavy atom. The summed E-state index contributed by atoms with van der Waals surface area (Å²) in [5.74, 6) is -1.34. The van der Waals surface area contributed by atoms with E-state index in [1.165, 1.54) is 25.3 Å². The summed E-state index contributed by atoms with van der Waals surface area (Å²) >= 11 is 0. The summed E-state index contributed by atoms with van der Waals surface area (Å²) in [6, 6.07) is 3.46. The van der Waals surface area contributed by atoms with Gasteiger partial charge in [0.05, 0.1) is 11.6 Å². The number of benzene rings is 1. The van der Waals surface area contributed by atoms with Gasteiger partial charge in [-0.15, -0.1) is 0 Å². The molecule has 0 radical (unpaired) electrons. The monoisotopic (exact) mass is 279 g/mol. The number of carbonyl (C=O) groups excluding carboxylic acids is 1.